The minimum Gasteiger partial charge on any atom is -0.303 e. The Bertz CT molecular complexity index is 776. The zero-order valence-corrected chi connectivity index (χ0v) is 15.7. The van der Waals surface area contributed by atoms with Crippen LogP contribution in [-0.2, 0) is 0 Å². The van der Waals surface area contributed by atoms with Gasteiger partial charge in [-0.25, -0.2) is 4.68 Å². The van der Waals surface area contributed by atoms with Gasteiger partial charge in [0.05, 0.1) is 12.2 Å². The smallest absolute Gasteiger partial charge is 0.303 e. The summed E-state index contributed by atoms with van der Waals surface area (Å²) in [6, 6.07) is 5.89. The van der Waals surface area contributed by atoms with Gasteiger partial charge >= 0.3 is 6.18 Å². The molecule has 0 amide bonds. The second kappa shape index (κ2) is 8.92. The predicted molar refractivity (Wildman–Crippen MR) is 97.9 cm³/mol. The fraction of sp³-hybridized carbons (Fsp3) is 0.412. The highest BCUT2D eigenvalue weighted by Gasteiger charge is 2.39. The minimum atomic E-state index is -4.29. The standard InChI is InChI=1S/C10H11ClF3N.C7H8N2OS/c1-2-15-9(10(12,13)14)7-3-5-8(11)6-4-7;10-7-3-6(11)4-8-9(7)5-1-2-5/h3-6,9,15H,2H2,1H3;3-5,11H,1-2H2/t9-;/m1./s1. The summed E-state index contributed by atoms with van der Waals surface area (Å²) < 4.78 is 39.3. The highest BCUT2D eigenvalue weighted by molar-refractivity contribution is 7.80. The number of aromatic nitrogens is 2. The maximum absolute atomic E-state index is 12.6. The zero-order chi connectivity index (χ0) is 19.3. The van der Waals surface area contributed by atoms with Gasteiger partial charge in [-0.2, -0.15) is 18.3 Å². The first-order valence-corrected chi connectivity index (χ1v) is 8.88. The third kappa shape index (κ3) is 6.03. The molecule has 9 heteroatoms. The molecule has 0 unspecified atom stereocenters. The SMILES string of the molecule is CCN[C@H](c1ccc(Cl)cc1)C(F)(F)F.O=c1cc(S)cnn1C1CC1. The van der Waals surface area contributed by atoms with E-state index in [4.69, 9.17) is 11.6 Å². The molecular formula is C17H19ClF3N3OS. The van der Waals surface area contributed by atoms with E-state index in [-0.39, 0.29) is 17.7 Å². The second-order valence-electron chi connectivity index (χ2n) is 5.81. The van der Waals surface area contributed by atoms with Crippen molar-refractivity contribution >= 4 is 24.2 Å². The quantitative estimate of drug-likeness (QED) is 0.740. The summed E-state index contributed by atoms with van der Waals surface area (Å²) in [6.07, 6.45) is -0.523. The second-order valence-corrected chi connectivity index (χ2v) is 6.76. The normalized spacial score (nSPS) is 15.2. The number of thiol groups is 1. The van der Waals surface area contributed by atoms with Gasteiger partial charge in [0, 0.05) is 16.0 Å². The maximum atomic E-state index is 12.6. The predicted octanol–water partition coefficient (Wildman–Crippen LogP) is 4.42. The molecule has 0 radical (unpaired) electrons. The monoisotopic (exact) mass is 405 g/mol. The number of hydrogen-bond acceptors (Lipinski definition) is 4. The molecule has 0 bridgehead atoms. The van der Waals surface area contributed by atoms with Crippen molar-refractivity contribution in [1.29, 1.82) is 0 Å². The molecule has 1 N–H and O–H groups in total. The molecule has 0 saturated heterocycles. The van der Waals surface area contributed by atoms with Gasteiger partial charge in [-0.3, -0.25) is 4.79 Å². The van der Waals surface area contributed by atoms with Gasteiger partial charge in [-0.15, -0.1) is 12.6 Å². The number of benzene rings is 1. The van der Waals surface area contributed by atoms with E-state index >= 15 is 0 Å². The van der Waals surface area contributed by atoms with Gasteiger partial charge in [-0.05, 0) is 37.1 Å². The van der Waals surface area contributed by atoms with Crippen LogP contribution in [0.3, 0.4) is 0 Å². The average molecular weight is 406 g/mol. The molecule has 1 atom stereocenters. The first-order valence-electron chi connectivity index (χ1n) is 8.05. The van der Waals surface area contributed by atoms with Crippen molar-refractivity contribution in [1.82, 2.24) is 15.1 Å². The molecule has 1 aromatic carbocycles. The van der Waals surface area contributed by atoms with Crippen molar-refractivity contribution in [2.45, 2.75) is 42.9 Å². The lowest BCUT2D eigenvalue weighted by molar-refractivity contribution is -0.157. The third-order valence-corrected chi connectivity index (χ3v) is 4.14. The van der Waals surface area contributed by atoms with Crippen LogP contribution in [0, 0.1) is 0 Å². The summed E-state index contributed by atoms with van der Waals surface area (Å²) in [5.74, 6) is 0. The lowest BCUT2D eigenvalue weighted by atomic mass is 10.1. The molecule has 1 saturated carbocycles. The fourth-order valence-electron chi connectivity index (χ4n) is 2.28. The molecule has 1 aliphatic rings. The van der Waals surface area contributed by atoms with Crippen molar-refractivity contribution < 1.29 is 13.2 Å². The molecule has 0 aliphatic heterocycles. The summed E-state index contributed by atoms with van der Waals surface area (Å²) in [5, 5.41) is 6.78. The van der Waals surface area contributed by atoms with Crippen LogP contribution in [0.2, 0.25) is 5.02 Å². The van der Waals surface area contributed by atoms with Gasteiger partial charge in [0.15, 0.2) is 0 Å². The van der Waals surface area contributed by atoms with Crippen LogP contribution in [0.4, 0.5) is 13.2 Å². The van der Waals surface area contributed by atoms with E-state index in [1.54, 1.807) is 13.1 Å². The molecule has 1 aliphatic carbocycles. The molecular weight excluding hydrogens is 387 g/mol. The van der Waals surface area contributed by atoms with Gasteiger partial charge in [0.2, 0.25) is 0 Å². The van der Waals surface area contributed by atoms with Gasteiger partial charge in [0.1, 0.15) is 6.04 Å². The number of halogens is 4. The average Bonchev–Trinajstić information content (AvgIpc) is 3.38. The summed E-state index contributed by atoms with van der Waals surface area (Å²) in [4.78, 5) is 11.8. The molecule has 1 heterocycles. The van der Waals surface area contributed by atoms with E-state index in [0.717, 1.165) is 12.8 Å². The first kappa shape index (κ1) is 20.8. The van der Waals surface area contributed by atoms with Crippen LogP contribution in [0.15, 0.2) is 46.2 Å². The Kier molecular flexibility index (Phi) is 7.14. The first-order chi connectivity index (χ1) is 12.2. The van der Waals surface area contributed by atoms with E-state index in [9.17, 15) is 18.0 Å². The zero-order valence-electron chi connectivity index (χ0n) is 14.0. The molecule has 26 heavy (non-hydrogen) atoms. The Labute approximate surface area is 159 Å². The van der Waals surface area contributed by atoms with Crippen molar-refractivity contribution in [2.24, 2.45) is 0 Å². The Balaban J connectivity index is 0.000000195. The minimum absolute atomic E-state index is 0.0417. The van der Waals surface area contributed by atoms with E-state index in [0.29, 0.717) is 16.0 Å². The van der Waals surface area contributed by atoms with Crippen LogP contribution in [0.5, 0.6) is 0 Å². The fourth-order valence-corrected chi connectivity index (χ4v) is 2.57. The van der Waals surface area contributed by atoms with Crippen molar-refractivity contribution in [2.75, 3.05) is 6.54 Å². The van der Waals surface area contributed by atoms with E-state index in [1.165, 1.54) is 35.0 Å². The summed E-state index contributed by atoms with van der Waals surface area (Å²) in [7, 11) is 0. The van der Waals surface area contributed by atoms with Crippen LogP contribution in [0.1, 0.15) is 37.4 Å². The summed E-state index contributed by atoms with van der Waals surface area (Å²) >= 11 is 9.62. The van der Waals surface area contributed by atoms with Crippen LogP contribution < -0.4 is 10.9 Å². The van der Waals surface area contributed by atoms with Gasteiger partial charge in [-0.1, -0.05) is 30.7 Å². The largest absolute Gasteiger partial charge is 0.407 e. The number of hydrogen-bond donors (Lipinski definition) is 2. The maximum Gasteiger partial charge on any atom is 0.407 e. The van der Waals surface area contributed by atoms with Gasteiger partial charge < -0.3 is 5.32 Å². The Morgan fingerprint density at radius 3 is 2.42 bits per heavy atom. The molecule has 0 spiro atoms. The highest BCUT2D eigenvalue weighted by atomic mass is 35.5. The molecule has 1 fully saturated rings. The van der Waals surface area contributed by atoms with Gasteiger partial charge in [0.25, 0.3) is 5.56 Å². The number of nitrogens with one attached hydrogen (secondary N) is 1. The molecule has 4 nitrogen and oxygen atoms in total. The number of nitrogens with zero attached hydrogens (tertiary/aromatic N) is 2. The molecule has 2 aromatic rings. The van der Waals surface area contributed by atoms with Crippen LogP contribution in [0.25, 0.3) is 0 Å². The van der Waals surface area contributed by atoms with E-state index in [1.807, 2.05) is 0 Å². The van der Waals surface area contributed by atoms with Crippen LogP contribution >= 0.6 is 24.2 Å². The molecule has 3 rings (SSSR count). The molecule has 1 aromatic heterocycles. The Hall–Kier alpha value is -1.51. The summed E-state index contributed by atoms with van der Waals surface area (Å²) in [5.41, 5.74) is 0.133. The lowest BCUT2D eigenvalue weighted by Crippen LogP contribution is -2.33. The Morgan fingerprint density at radius 1 is 1.35 bits per heavy atom. The summed E-state index contributed by atoms with van der Waals surface area (Å²) in [6.45, 7) is 1.89. The highest BCUT2D eigenvalue weighted by Crippen LogP contribution is 2.33. The third-order valence-electron chi connectivity index (χ3n) is 3.64. The number of rotatable bonds is 4. The van der Waals surface area contributed by atoms with E-state index in [2.05, 4.69) is 23.0 Å². The van der Waals surface area contributed by atoms with E-state index < -0.39 is 12.2 Å². The Morgan fingerprint density at radius 2 is 1.96 bits per heavy atom. The van der Waals surface area contributed by atoms with Crippen molar-refractivity contribution in [3.05, 3.63) is 57.5 Å². The topological polar surface area (TPSA) is 46.9 Å². The number of alkyl halides is 3. The van der Waals surface area contributed by atoms with Crippen molar-refractivity contribution in [3.63, 3.8) is 0 Å². The molecule has 142 valence electrons. The van der Waals surface area contributed by atoms with Crippen LogP contribution in [-0.4, -0.2) is 22.5 Å². The van der Waals surface area contributed by atoms with Crippen molar-refractivity contribution in [3.8, 4) is 0 Å². The lowest BCUT2D eigenvalue weighted by Gasteiger charge is -2.21.